The smallest absolute Gasteiger partial charge is 0.257 e. The Morgan fingerprint density at radius 1 is 1.23 bits per heavy atom. The molecule has 0 radical (unpaired) electrons. The SMILES string of the molecule is COCCN(Cc1nnc(-c2cccs2)o1)C(=O)Cc1coc2cc(OC)ccc12. The van der Waals surface area contributed by atoms with E-state index in [1.54, 1.807) is 31.4 Å². The number of hydrogen-bond donors (Lipinski definition) is 0. The Balaban J connectivity index is 1.50. The van der Waals surface area contributed by atoms with Crippen LogP contribution in [0.4, 0.5) is 0 Å². The van der Waals surface area contributed by atoms with E-state index >= 15 is 0 Å². The van der Waals surface area contributed by atoms with Gasteiger partial charge in [-0.2, -0.15) is 0 Å². The maximum absolute atomic E-state index is 13.0. The average molecular weight is 427 g/mol. The van der Waals surface area contributed by atoms with Crippen LogP contribution in [0.15, 0.2) is 50.8 Å². The highest BCUT2D eigenvalue weighted by atomic mass is 32.1. The Morgan fingerprint density at radius 2 is 2.13 bits per heavy atom. The highest BCUT2D eigenvalue weighted by Crippen LogP contribution is 2.27. The fourth-order valence-corrected chi connectivity index (χ4v) is 3.72. The van der Waals surface area contributed by atoms with E-state index in [1.807, 2.05) is 29.6 Å². The third-order valence-corrected chi connectivity index (χ3v) is 5.51. The third-order valence-electron chi connectivity index (χ3n) is 4.65. The second-order valence-electron chi connectivity index (χ2n) is 6.59. The maximum Gasteiger partial charge on any atom is 0.257 e. The standard InChI is InChI=1S/C21H21N3O5S/c1-26-8-7-24(12-19-22-23-21(29-19)18-4-3-9-30-18)20(25)10-14-13-28-17-11-15(27-2)5-6-16(14)17/h3-6,9,11,13H,7-8,10,12H2,1-2H3. The Hall–Kier alpha value is -3.17. The van der Waals surface area contributed by atoms with Crippen molar-refractivity contribution in [3.8, 4) is 16.5 Å². The minimum atomic E-state index is -0.0820. The van der Waals surface area contributed by atoms with Crippen LogP contribution >= 0.6 is 11.3 Å². The molecule has 9 heteroatoms. The number of fused-ring (bicyclic) bond motifs is 1. The Bertz CT molecular complexity index is 1120. The van der Waals surface area contributed by atoms with Crippen LogP contribution in [0.25, 0.3) is 21.7 Å². The zero-order valence-electron chi connectivity index (χ0n) is 16.7. The van der Waals surface area contributed by atoms with Gasteiger partial charge in [0.15, 0.2) is 0 Å². The quantitative estimate of drug-likeness (QED) is 0.401. The zero-order chi connectivity index (χ0) is 20.9. The second kappa shape index (κ2) is 9.10. The molecule has 0 aliphatic heterocycles. The molecule has 4 aromatic rings. The molecule has 0 fully saturated rings. The molecule has 0 saturated carbocycles. The molecule has 0 N–H and O–H groups in total. The van der Waals surface area contributed by atoms with Crippen LogP contribution in [0, 0.1) is 0 Å². The Morgan fingerprint density at radius 3 is 2.90 bits per heavy atom. The molecular formula is C21H21N3O5S. The van der Waals surface area contributed by atoms with Crippen molar-refractivity contribution in [2.75, 3.05) is 27.4 Å². The zero-order valence-corrected chi connectivity index (χ0v) is 17.5. The maximum atomic E-state index is 13.0. The van der Waals surface area contributed by atoms with Crippen molar-refractivity contribution in [3.63, 3.8) is 0 Å². The number of methoxy groups -OCH3 is 2. The van der Waals surface area contributed by atoms with Crippen LogP contribution in [0.3, 0.4) is 0 Å². The van der Waals surface area contributed by atoms with E-state index in [-0.39, 0.29) is 18.9 Å². The van der Waals surface area contributed by atoms with Gasteiger partial charge in [-0.15, -0.1) is 21.5 Å². The Labute approximate surface area is 177 Å². The largest absolute Gasteiger partial charge is 0.497 e. The third kappa shape index (κ3) is 4.37. The topological polar surface area (TPSA) is 90.8 Å². The number of hydrogen-bond acceptors (Lipinski definition) is 8. The predicted octanol–water partition coefficient (Wildman–Crippen LogP) is 3.77. The van der Waals surface area contributed by atoms with E-state index in [0.29, 0.717) is 36.3 Å². The molecule has 156 valence electrons. The minimum Gasteiger partial charge on any atom is -0.497 e. The fourth-order valence-electron chi connectivity index (χ4n) is 3.08. The molecule has 4 rings (SSSR count). The number of ether oxygens (including phenoxy) is 2. The molecule has 1 amide bonds. The van der Waals surface area contributed by atoms with Crippen molar-refractivity contribution in [2.45, 2.75) is 13.0 Å². The van der Waals surface area contributed by atoms with Crippen molar-refractivity contribution >= 4 is 28.2 Å². The first kappa shape index (κ1) is 20.1. The van der Waals surface area contributed by atoms with Crippen molar-refractivity contribution in [3.05, 3.63) is 53.4 Å². The second-order valence-corrected chi connectivity index (χ2v) is 7.53. The number of carbonyl (C=O) groups excluding carboxylic acids is 1. The molecule has 0 unspecified atom stereocenters. The van der Waals surface area contributed by atoms with Crippen LogP contribution in [0.1, 0.15) is 11.5 Å². The molecule has 0 saturated heterocycles. The lowest BCUT2D eigenvalue weighted by molar-refractivity contribution is -0.132. The number of thiophene rings is 1. The van der Waals surface area contributed by atoms with Gasteiger partial charge in [-0.05, 0) is 23.6 Å². The normalized spacial score (nSPS) is 11.1. The number of nitrogens with zero attached hydrogens (tertiary/aromatic N) is 3. The number of aromatic nitrogens is 2. The van der Waals surface area contributed by atoms with Gasteiger partial charge >= 0.3 is 0 Å². The van der Waals surface area contributed by atoms with E-state index in [2.05, 4.69) is 10.2 Å². The van der Waals surface area contributed by atoms with Gasteiger partial charge in [-0.25, -0.2) is 0 Å². The van der Waals surface area contributed by atoms with Crippen LogP contribution in [-0.4, -0.2) is 48.4 Å². The van der Waals surface area contributed by atoms with Crippen LogP contribution in [0.5, 0.6) is 5.75 Å². The number of furan rings is 1. The van der Waals surface area contributed by atoms with Gasteiger partial charge in [-0.1, -0.05) is 6.07 Å². The monoisotopic (exact) mass is 427 g/mol. The first-order valence-electron chi connectivity index (χ1n) is 9.35. The summed E-state index contributed by atoms with van der Waals surface area (Å²) in [6.45, 7) is 1.03. The summed E-state index contributed by atoms with van der Waals surface area (Å²) >= 11 is 1.52. The highest BCUT2D eigenvalue weighted by Gasteiger charge is 2.20. The van der Waals surface area contributed by atoms with Crippen LogP contribution in [0.2, 0.25) is 0 Å². The van der Waals surface area contributed by atoms with Gasteiger partial charge in [0, 0.05) is 30.7 Å². The fraction of sp³-hybridized carbons (Fsp3) is 0.286. The van der Waals surface area contributed by atoms with E-state index < -0.39 is 0 Å². The van der Waals surface area contributed by atoms with Gasteiger partial charge in [0.2, 0.25) is 11.8 Å². The molecule has 0 spiro atoms. The van der Waals surface area contributed by atoms with Gasteiger partial charge in [-0.3, -0.25) is 4.79 Å². The molecule has 0 aliphatic rings. The average Bonchev–Trinajstić information content (AvgIpc) is 3.51. The van der Waals surface area contributed by atoms with Gasteiger partial charge in [0.05, 0.1) is 37.8 Å². The first-order valence-corrected chi connectivity index (χ1v) is 10.2. The molecule has 1 aromatic carbocycles. The van der Waals surface area contributed by atoms with E-state index in [9.17, 15) is 4.79 Å². The van der Waals surface area contributed by atoms with Gasteiger partial charge in [0.25, 0.3) is 5.89 Å². The molecule has 0 aliphatic carbocycles. The van der Waals surface area contributed by atoms with Crippen molar-refractivity contribution in [1.82, 2.24) is 15.1 Å². The summed E-state index contributed by atoms with van der Waals surface area (Å²) < 4.78 is 21.7. The summed E-state index contributed by atoms with van der Waals surface area (Å²) in [6.07, 6.45) is 1.80. The Kier molecular flexibility index (Phi) is 6.10. The van der Waals surface area contributed by atoms with Crippen molar-refractivity contribution in [2.24, 2.45) is 0 Å². The van der Waals surface area contributed by atoms with Crippen molar-refractivity contribution < 1.29 is 23.1 Å². The number of carbonyl (C=O) groups is 1. The summed E-state index contributed by atoms with van der Waals surface area (Å²) in [5, 5.41) is 11.0. The highest BCUT2D eigenvalue weighted by molar-refractivity contribution is 7.13. The number of rotatable bonds is 9. The van der Waals surface area contributed by atoms with E-state index in [4.69, 9.17) is 18.3 Å². The molecule has 8 nitrogen and oxygen atoms in total. The molecule has 3 heterocycles. The minimum absolute atomic E-state index is 0.0820. The molecular weight excluding hydrogens is 406 g/mol. The van der Waals surface area contributed by atoms with E-state index in [1.165, 1.54) is 11.3 Å². The molecule has 3 aromatic heterocycles. The lowest BCUT2D eigenvalue weighted by Crippen LogP contribution is -2.34. The molecule has 0 bridgehead atoms. The molecule has 0 atom stereocenters. The van der Waals surface area contributed by atoms with E-state index in [0.717, 1.165) is 15.8 Å². The number of amides is 1. The number of benzene rings is 1. The van der Waals surface area contributed by atoms with Gasteiger partial charge in [0.1, 0.15) is 11.3 Å². The molecule has 30 heavy (non-hydrogen) atoms. The summed E-state index contributed by atoms with van der Waals surface area (Å²) in [6, 6.07) is 9.37. The summed E-state index contributed by atoms with van der Waals surface area (Å²) in [7, 11) is 3.20. The first-order chi connectivity index (χ1) is 14.7. The predicted molar refractivity (Wildman–Crippen MR) is 111 cm³/mol. The van der Waals surface area contributed by atoms with Crippen molar-refractivity contribution in [1.29, 1.82) is 0 Å². The van der Waals surface area contributed by atoms with Crippen LogP contribution in [-0.2, 0) is 22.5 Å². The lowest BCUT2D eigenvalue weighted by atomic mass is 10.1. The summed E-state index contributed by atoms with van der Waals surface area (Å²) in [4.78, 5) is 15.6. The van der Waals surface area contributed by atoms with Crippen LogP contribution < -0.4 is 4.74 Å². The lowest BCUT2D eigenvalue weighted by Gasteiger charge is -2.20. The summed E-state index contributed by atoms with van der Waals surface area (Å²) in [5.41, 5.74) is 1.49. The summed E-state index contributed by atoms with van der Waals surface area (Å²) in [5.74, 6) is 1.45. The van der Waals surface area contributed by atoms with Gasteiger partial charge < -0.3 is 23.2 Å².